The van der Waals surface area contributed by atoms with E-state index in [1.807, 2.05) is 18.3 Å². The second-order valence-electron chi connectivity index (χ2n) is 7.78. The van der Waals surface area contributed by atoms with Gasteiger partial charge in [-0.15, -0.1) is 11.6 Å². The molecule has 2 nitrogen and oxygen atoms in total. The van der Waals surface area contributed by atoms with Gasteiger partial charge in [0.15, 0.2) is 0 Å². The zero-order valence-electron chi connectivity index (χ0n) is 12.6. The minimum atomic E-state index is 0.0531. The van der Waals surface area contributed by atoms with Crippen LogP contribution in [0.15, 0.2) is 27.7 Å². The van der Waals surface area contributed by atoms with Crippen LogP contribution in [-0.2, 0) is 0 Å². The third kappa shape index (κ3) is 2.71. The number of aliphatic imine (C=N–C) groups is 1. The Hall–Kier alpha value is -0.540. The van der Waals surface area contributed by atoms with E-state index in [2.05, 4.69) is 15.9 Å². The Morgan fingerprint density at radius 1 is 1.27 bits per heavy atom. The largest absolute Gasteiger partial charge is 0.507 e. The maximum Gasteiger partial charge on any atom is 0.124 e. The zero-order valence-corrected chi connectivity index (χ0v) is 14.9. The van der Waals surface area contributed by atoms with Crippen molar-refractivity contribution in [3.05, 3.63) is 28.2 Å². The first-order valence-electron chi connectivity index (χ1n) is 8.13. The number of halogens is 2. The van der Waals surface area contributed by atoms with Gasteiger partial charge in [0.05, 0.1) is 0 Å². The number of nitrogens with zero attached hydrogens (tertiary/aromatic N) is 1. The minimum Gasteiger partial charge on any atom is -0.507 e. The van der Waals surface area contributed by atoms with Gasteiger partial charge in [-0.1, -0.05) is 15.9 Å². The monoisotopic (exact) mass is 381 g/mol. The summed E-state index contributed by atoms with van der Waals surface area (Å²) >= 11 is 10.3. The van der Waals surface area contributed by atoms with Crippen LogP contribution in [0.3, 0.4) is 0 Å². The third-order valence-electron chi connectivity index (χ3n) is 5.76. The van der Waals surface area contributed by atoms with Crippen LogP contribution >= 0.6 is 27.5 Å². The molecule has 4 saturated carbocycles. The number of hydrogen-bond acceptors (Lipinski definition) is 2. The summed E-state index contributed by atoms with van der Waals surface area (Å²) in [5.41, 5.74) is 1.09. The summed E-state index contributed by atoms with van der Waals surface area (Å²) in [5.74, 6) is 1.91. The van der Waals surface area contributed by atoms with E-state index in [0.717, 1.165) is 34.8 Å². The van der Waals surface area contributed by atoms with E-state index in [1.54, 1.807) is 6.07 Å². The minimum absolute atomic E-state index is 0.0531. The van der Waals surface area contributed by atoms with Gasteiger partial charge < -0.3 is 5.11 Å². The van der Waals surface area contributed by atoms with Crippen molar-refractivity contribution in [3.8, 4) is 5.75 Å². The van der Waals surface area contributed by atoms with Crippen molar-refractivity contribution in [1.29, 1.82) is 0 Å². The topological polar surface area (TPSA) is 32.6 Å². The summed E-state index contributed by atoms with van der Waals surface area (Å²) in [7, 11) is 0. The molecule has 0 heterocycles. The number of rotatable bonds is 3. The van der Waals surface area contributed by atoms with Gasteiger partial charge in [-0.3, -0.25) is 4.99 Å². The molecule has 0 aromatic heterocycles. The van der Waals surface area contributed by atoms with Crippen LogP contribution in [0.2, 0.25) is 0 Å². The lowest BCUT2D eigenvalue weighted by molar-refractivity contribution is -0.0336. The second-order valence-corrected chi connectivity index (χ2v) is 9.50. The van der Waals surface area contributed by atoms with Crippen LogP contribution in [-0.4, -0.2) is 22.7 Å². The average molecular weight is 383 g/mol. The van der Waals surface area contributed by atoms with Gasteiger partial charge in [0.2, 0.25) is 0 Å². The molecule has 0 amide bonds. The molecule has 4 atom stereocenters. The number of phenols is 1. The SMILES string of the molecule is Oc1ccc(Br)cc1C=NCC12C[C@@H]3C[C@@H](CC(Cl)(C3)C1)C2. The predicted molar refractivity (Wildman–Crippen MR) is 94.0 cm³/mol. The van der Waals surface area contributed by atoms with Crippen LogP contribution in [0.1, 0.15) is 44.1 Å². The Balaban J connectivity index is 1.52. The number of phenolic OH excluding ortho intramolecular Hbond substituents is 1. The Morgan fingerprint density at radius 3 is 2.68 bits per heavy atom. The van der Waals surface area contributed by atoms with Crippen LogP contribution < -0.4 is 0 Å². The van der Waals surface area contributed by atoms with Gasteiger partial charge in [0, 0.05) is 27.7 Å². The van der Waals surface area contributed by atoms with Crippen molar-refractivity contribution in [1.82, 2.24) is 0 Å². The van der Waals surface area contributed by atoms with Crippen LogP contribution in [0.5, 0.6) is 5.75 Å². The molecule has 118 valence electrons. The molecule has 0 saturated heterocycles. The fourth-order valence-corrected chi connectivity index (χ4v) is 6.59. The van der Waals surface area contributed by atoms with Crippen LogP contribution in [0.25, 0.3) is 0 Å². The third-order valence-corrected chi connectivity index (χ3v) is 6.69. The first-order chi connectivity index (χ1) is 10.5. The van der Waals surface area contributed by atoms with Gasteiger partial charge in [0.1, 0.15) is 5.75 Å². The molecular weight excluding hydrogens is 362 g/mol. The molecule has 4 aliphatic carbocycles. The van der Waals surface area contributed by atoms with E-state index in [9.17, 15) is 5.11 Å². The Kier molecular flexibility index (Phi) is 3.58. The standard InChI is InChI=1S/C18H21BrClNO/c19-15-1-2-16(22)14(4-15)9-21-11-17-5-12-3-13(6-17)8-18(20,7-12)10-17/h1-2,4,9,12-13,22H,3,5-8,10-11H2/t12-,13+,17?,18?. The fourth-order valence-electron chi connectivity index (χ4n) is 5.49. The van der Waals surface area contributed by atoms with Crippen molar-refractivity contribution in [2.24, 2.45) is 22.2 Å². The summed E-state index contributed by atoms with van der Waals surface area (Å²) in [6, 6.07) is 5.44. The lowest BCUT2D eigenvalue weighted by Gasteiger charge is -2.59. The maximum atomic E-state index is 9.90. The average Bonchev–Trinajstić information content (AvgIpc) is 2.39. The fraction of sp³-hybridized carbons (Fsp3) is 0.611. The molecule has 4 fully saturated rings. The number of benzene rings is 1. The molecule has 22 heavy (non-hydrogen) atoms. The molecule has 4 heteroatoms. The van der Waals surface area contributed by atoms with E-state index in [-0.39, 0.29) is 10.6 Å². The summed E-state index contributed by atoms with van der Waals surface area (Å²) in [5, 5.41) is 9.90. The summed E-state index contributed by atoms with van der Waals surface area (Å²) in [6.07, 6.45) is 9.33. The molecule has 1 aromatic rings. The quantitative estimate of drug-likeness (QED) is 0.569. The molecular formula is C18H21BrClNO. The van der Waals surface area contributed by atoms with Crippen molar-refractivity contribution in [3.63, 3.8) is 0 Å². The van der Waals surface area contributed by atoms with E-state index in [1.165, 1.54) is 32.1 Å². The maximum absolute atomic E-state index is 9.90. The second kappa shape index (κ2) is 5.24. The van der Waals surface area contributed by atoms with Gasteiger partial charge in [0.25, 0.3) is 0 Å². The molecule has 2 unspecified atom stereocenters. The summed E-state index contributed by atoms with van der Waals surface area (Å²) < 4.78 is 0.960. The lowest BCUT2D eigenvalue weighted by Crippen LogP contribution is -2.54. The van der Waals surface area contributed by atoms with Crippen LogP contribution in [0, 0.1) is 17.3 Å². The Labute approximate surface area is 145 Å². The molecule has 0 aliphatic heterocycles. The van der Waals surface area contributed by atoms with Crippen LogP contribution in [0.4, 0.5) is 0 Å². The number of aromatic hydroxyl groups is 1. The van der Waals surface area contributed by atoms with Crippen molar-refractivity contribution >= 4 is 33.7 Å². The highest BCUT2D eigenvalue weighted by atomic mass is 79.9. The van der Waals surface area contributed by atoms with Gasteiger partial charge in [-0.25, -0.2) is 0 Å². The molecule has 0 radical (unpaired) electrons. The van der Waals surface area contributed by atoms with E-state index < -0.39 is 0 Å². The molecule has 4 bridgehead atoms. The van der Waals surface area contributed by atoms with Crippen molar-refractivity contribution in [2.45, 2.75) is 43.4 Å². The Morgan fingerprint density at radius 2 is 2.00 bits per heavy atom. The van der Waals surface area contributed by atoms with Gasteiger partial charge in [-0.05, 0) is 74.0 Å². The van der Waals surface area contributed by atoms with Crippen molar-refractivity contribution < 1.29 is 5.11 Å². The molecule has 0 spiro atoms. The predicted octanol–water partition coefficient (Wildman–Crippen LogP) is 5.15. The van der Waals surface area contributed by atoms with Crippen molar-refractivity contribution in [2.75, 3.05) is 6.54 Å². The highest BCUT2D eigenvalue weighted by molar-refractivity contribution is 9.10. The molecule has 4 aliphatic rings. The highest BCUT2D eigenvalue weighted by Crippen LogP contribution is 2.63. The first kappa shape index (κ1) is 15.0. The lowest BCUT2D eigenvalue weighted by atomic mass is 9.49. The Bertz CT molecular complexity index is 616. The molecule has 1 aromatic carbocycles. The normalized spacial score (nSPS) is 39.7. The first-order valence-corrected chi connectivity index (χ1v) is 9.30. The van der Waals surface area contributed by atoms with E-state index in [4.69, 9.17) is 16.6 Å². The smallest absolute Gasteiger partial charge is 0.124 e. The van der Waals surface area contributed by atoms with Gasteiger partial charge in [-0.2, -0.15) is 0 Å². The highest BCUT2D eigenvalue weighted by Gasteiger charge is 2.56. The summed E-state index contributed by atoms with van der Waals surface area (Å²) in [4.78, 5) is 4.75. The van der Waals surface area contributed by atoms with E-state index >= 15 is 0 Å². The zero-order chi connectivity index (χ0) is 15.4. The van der Waals surface area contributed by atoms with Gasteiger partial charge >= 0.3 is 0 Å². The molecule has 1 N–H and O–H groups in total. The number of alkyl halides is 1. The number of hydrogen-bond donors (Lipinski definition) is 1. The summed E-state index contributed by atoms with van der Waals surface area (Å²) in [6.45, 7) is 0.848. The van der Waals surface area contributed by atoms with E-state index in [0.29, 0.717) is 5.41 Å². The molecule has 5 rings (SSSR count).